The fraction of sp³-hybridized carbons (Fsp3) is 0.429. The molecule has 1 aromatic rings. The summed E-state index contributed by atoms with van der Waals surface area (Å²) >= 11 is 1.72. The van der Waals surface area contributed by atoms with E-state index in [2.05, 4.69) is 5.32 Å². The molecule has 2 heterocycles. The summed E-state index contributed by atoms with van der Waals surface area (Å²) in [6.45, 7) is 0.786. The monoisotopic (exact) mass is 292 g/mol. The first-order chi connectivity index (χ1) is 9.68. The molecule has 2 aliphatic heterocycles. The minimum atomic E-state index is -0.946. The van der Waals surface area contributed by atoms with Crippen LogP contribution in [-0.2, 0) is 16.0 Å². The van der Waals surface area contributed by atoms with Crippen molar-refractivity contribution in [3.8, 4) is 0 Å². The number of rotatable bonds is 2. The van der Waals surface area contributed by atoms with Crippen molar-refractivity contribution in [1.29, 1.82) is 0 Å². The average molecular weight is 292 g/mol. The van der Waals surface area contributed by atoms with E-state index in [0.29, 0.717) is 12.2 Å². The van der Waals surface area contributed by atoms with Crippen LogP contribution < -0.4 is 10.2 Å². The van der Waals surface area contributed by atoms with E-state index in [1.165, 1.54) is 4.90 Å². The molecule has 20 heavy (non-hydrogen) atoms. The number of para-hydroxylation sites is 1. The van der Waals surface area contributed by atoms with Gasteiger partial charge >= 0.3 is 5.97 Å². The number of carboxylic acid groups (broad SMARTS) is 1. The van der Waals surface area contributed by atoms with Crippen LogP contribution in [0.15, 0.2) is 24.3 Å². The van der Waals surface area contributed by atoms with Crippen LogP contribution in [0.1, 0.15) is 5.56 Å². The predicted octanol–water partition coefficient (Wildman–Crippen LogP) is 0.734. The van der Waals surface area contributed by atoms with Crippen LogP contribution in [0, 0.1) is 0 Å². The number of amides is 1. The molecule has 106 valence electrons. The third kappa shape index (κ3) is 2.29. The second-order valence-corrected chi connectivity index (χ2v) is 6.13. The molecule has 1 fully saturated rings. The Balaban J connectivity index is 1.91. The van der Waals surface area contributed by atoms with Gasteiger partial charge in [0.1, 0.15) is 6.04 Å². The molecule has 1 saturated heterocycles. The Morgan fingerprint density at radius 3 is 2.85 bits per heavy atom. The molecule has 1 aromatic carbocycles. The molecule has 3 rings (SSSR count). The largest absolute Gasteiger partial charge is 0.480 e. The summed E-state index contributed by atoms with van der Waals surface area (Å²) in [6, 6.07) is 6.36. The summed E-state index contributed by atoms with van der Waals surface area (Å²) in [6.07, 6.45) is 0.386. The molecule has 2 aliphatic rings. The third-order valence-corrected chi connectivity index (χ3v) is 4.78. The van der Waals surface area contributed by atoms with E-state index >= 15 is 0 Å². The van der Waals surface area contributed by atoms with Crippen LogP contribution >= 0.6 is 11.8 Å². The molecule has 0 spiro atoms. The van der Waals surface area contributed by atoms with Gasteiger partial charge in [0.2, 0.25) is 5.91 Å². The standard InChI is InChI=1S/C14H16N2O3S/c17-13(10-8-20-6-5-15-10)16-11-4-2-1-3-9(11)7-12(16)14(18)19/h1-4,10,12,15H,5-8H2,(H,18,19)/t10?,12-/m0/s1. The molecule has 2 N–H and O–H groups in total. The zero-order valence-corrected chi connectivity index (χ0v) is 11.7. The highest BCUT2D eigenvalue weighted by Crippen LogP contribution is 2.33. The van der Waals surface area contributed by atoms with Crippen LogP contribution in [0.4, 0.5) is 5.69 Å². The normalized spacial score (nSPS) is 25.3. The van der Waals surface area contributed by atoms with Gasteiger partial charge in [-0.05, 0) is 11.6 Å². The van der Waals surface area contributed by atoms with Crippen LogP contribution in [0.25, 0.3) is 0 Å². The van der Waals surface area contributed by atoms with E-state index in [1.54, 1.807) is 11.8 Å². The highest BCUT2D eigenvalue weighted by atomic mass is 32.2. The second-order valence-electron chi connectivity index (χ2n) is 4.98. The van der Waals surface area contributed by atoms with Crippen LogP contribution in [0.3, 0.4) is 0 Å². The third-order valence-electron chi connectivity index (χ3n) is 3.72. The molecular formula is C14H16N2O3S. The van der Waals surface area contributed by atoms with Crippen LogP contribution in [0.5, 0.6) is 0 Å². The zero-order chi connectivity index (χ0) is 14.1. The first kappa shape index (κ1) is 13.5. The molecule has 0 aliphatic carbocycles. The molecule has 5 nitrogen and oxygen atoms in total. The topological polar surface area (TPSA) is 69.6 Å². The highest BCUT2D eigenvalue weighted by molar-refractivity contribution is 7.99. The number of hydrogen-bond donors (Lipinski definition) is 2. The Morgan fingerprint density at radius 2 is 2.15 bits per heavy atom. The zero-order valence-electron chi connectivity index (χ0n) is 10.9. The lowest BCUT2D eigenvalue weighted by molar-refractivity contribution is -0.140. The fourth-order valence-electron chi connectivity index (χ4n) is 2.75. The van der Waals surface area contributed by atoms with Crippen molar-refractivity contribution in [3.63, 3.8) is 0 Å². The summed E-state index contributed by atoms with van der Waals surface area (Å²) in [5.74, 6) is 0.611. The van der Waals surface area contributed by atoms with E-state index < -0.39 is 12.0 Å². The van der Waals surface area contributed by atoms with E-state index in [9.17, 15) is 14.7 Å². The number of fused-ring (bicyclic) bond motifs is 1. The number of aliphatic carboxylic acids is 1. The highest BCUT2D eigenvalue weighted by Gasteiger charge is 2.40. The van der Waals surface area contributed by atoms with Gasteiger partial charge in [-0.15, -0.1) is 0 Å². The average Bonchev–Trinajstić information content (AvgIpc) is 2.87. The maximum Gasteiger partial charge on any atom is 0.327 e. The number of nitrogens with zero attached hydrogens (tertiary/aromatic N) is 1. The molecule has 0 aromatic heterocycles. The van der Waals surface area contributed by atoms with Gasteiger partial charge in [-0.3, -0.25) is 9.69 Å². The molecular weight excluding hydrogens is 276 g/mol. The van der Waals surface area contributed by atoms with Gasteiger partial charge in [-0.1, -0.05) is 18.2 Å². The van der Waals surface area contributed by atoms with Crippen molar-refractivity contribution in [2.24, 2.45) is 0 Å². The summed E-state index contributed by atoms with van der Waals surface area (Å²) in [4.78, 5) is 25.6. The van der Waals surface area contributed by atoms with Gasteiger partial charge in [-0.25, -0.2) is 4.79 Å². The van der Waals surface area contributed by atoms with Crippen molar-refractivity contribution in [1.82, 2.24) is 5.32 Å². The molecule has 0 radical (unpaired) electrons. The van der Waals surface area contributed by atoms with E-state index in [4.69, 9.17) is 0 Å². The number of thioether (sulfide) groups is 1. The van der Waals surface area contributed by atoms with E-state index in [0.717, 1.165) is 23.5 Å². The Hall–Kier alpha value is -1.53. The minimum Gasteiger partial charge on any atom is -0.480 e. The summed E-state index contributed by atoms with van der Waals surface area (Å²) < 4.78 is 0. The van der Waals surface area contributed by atoms with Gasteiger partial charge in [0, 0.05) is 30.2 Å². The van der Waals surface area contributed by atoms with Gasteiger partial charge in [0.25, 0.3) is 0 Å². The number of carboxylic acids is 1. The number of benzene rings is 1. The van der Waals surface area contributed by atoms with Crippen LogP contribution in [0.2, 0.25) is 0 Å². The van der Waals surface area contributed by atoms with Gasteiger partial charge < -0.3 is 10.4 Å². The smallest absolute Gasteiger partial charge is 0.327 e. The van der Waals surface area contributed by atoms with E-state index in [1.807, 2.05) is 24.3 Å². The molecule has 2 atom stereocenters. The lowest BCUT2D eigenvalue weighted by Crippen LogP contribution is -2.54. The number of nitrogens with one attached hydrogen (secondary N) is 1. The molecule has 6 heteroatoms. The van der Waals surface area contributed by atoms with Crippen molar-refractivity contribution in [2.45, 2.75) is 18.5 Å². The SMILES string of the molecule is O=C(O)[C@@H]1Cc2ccccc2N1C(=O)C1CSCCN1. The molecule has 0 saturated carbocycles. The maximum absolute atomic E-state index is 12.7. The summed E-state index contributed by atoms with van der Waals surface area (Å²) in [5.41, 5.74) is 1.67. The van der Waals surface area contributed by atoms with Crippen molar-refractivity contribution in [2.75, 3.05) is 23.0 Å². The Labute approximate surface area is 121 Å². The van der Waals surface area contributed by atoms with Gasteiger partial charge in [0.05, 0.1) is 6.04 Å². The number of carbonyl (C=O) groups excluding carboxylic acids is 1. The van der Waals surface area contributed by atoms with Gasteiger partial charge in [0.15, 0.2) is 0 Å². The quantitative estimate of drug-likeness (QED) is 0.841. The maximum atomic E-state index is 12.7. The lowest BCUT2D eigenvalue weighted by Gasteiger charge is -2.29. The lowest BCUT2D eigenvalue weighted by atomic mass is 10.1. The first-order valence-electron chi connectivity index (χ1n) is 6.63. The summed E-state index contributed by atoms with van der Waals surface area (Å²) in [7, 11) is 0. The van der Waals surface area contributed by atoms with Crippen molar-refractivity contribution < 1.29 is 14.7 Å². The Kier molecular flexibility index (Phi) is 3.67. The first-order valence-corrected chi connectivity index (χ1v) is 7.79. The molecule has 0 bridgehead atoms. The Bertz CT molecular complexity index is 543. The number of carbonyl (C=O) groups is 2. The van der Waals surface area contributed by atoms with Crippen molar-refractivity contribution >= 4 is 29.3 Å². The predicted molar refractivity (Wildman–Crippen MR) is 78.2 cm³/mol. The Morgan fingerprint density at radius 1 is 1.35 bits per heavy atom. The van der Waals surface area contributed by atoms with Gasteiger partial charge in [-0.2, -0.15) is 11.8 Å². The minimum absolute atomic E-state index is 0.130. The number of anilines is 1. The van der Waals surface area contributed by atoms with Crippen LogP contribution in [-0.4, -0.2) is 47.1 Å². The molecule has 1 unspecified atom stereocenters. The summed E-state index contributed by atoms with van der Waals surface area (Å²) in [5, 5.41) is 12.6. The number of hydrogen-bond acceptors (Lipinski definition) is 4. The van der Waals surface area contributed by atoms with E-state index in [-0.39, 0.29) is 11.9 Å². The van der Waals surface area contributed by atoms with Crippen molar-refractivity contribution in [3.05, 3.63) is 29.8 Å². The molecule has 1 amide bonds. The fourth-order valence-corrected chi connectivity index (χ4v) is 3.67. The second kappa shape index (κ2) is 5.46.